The first-order valence-corrected chi connectivity index (χ1v) is 8.06. The Morgan fingerprint density at radius 2 is 2.05 bits per heavy atom. The van der Waals surface area contributed by atoms with Gasteiger partial charge < -0.3 is 19.2 Å². The second-order valence-electron chi connectivity index (χ2n) is 5.52. The number of nitrogens with zero attached hydrogens (tertiary/aromatic N) is 1. The molecule has 0 amide bonds. The predicted molar refractivity (Wildman–Crippen MR) is 77.0 cm³/mol. The summed E-state index contributed by atoms with van der Waals surface area (Å²) in [6, 6.07) is 0.436. The zero-order chi connectivity index (χ0) is 14.2. The molecule has 2 heterocycles. The van der Waals surface area contributed by atoms with Crippen molar-refractivity contribution in [3.05, 3.63) is 11.5 Å². The van der Waals surface area contributed by atoms with Gasteiger partial charge in [0.25, 0.3) is 5.22 Å². The molecule has 20 heavy (non-hydrogen) atoms. The molecule has 1 N–H and O–H groups in total. The van der Waals surface area contributed by atoms with Gasteiger partial charge in [-0.3, -0.25) is 0 Å². The molecule has 2 atom stereocenters. The average molecular weight is 298 g/mol. The predicted octanol–water partition coefficient (Wildman–Crippen LogP) is 2.27. The van der Waals surface area contributed by atoms with Gasteiger partial charge in [0.15, 0.2) is 5.79 Å². The topological polar surface area (TPSA) is 56.5 Å². The fraction of sp³-hybridized carbons (Fsp3) is 0.786. The van der Waals surface area contributed by atoms with Crippen LogP contribution in [0.1, 0.15) is 30.7 Å². The monoisotopic (exact) mass is 298 g/mol. The Morgan fingerprint density at radius 3 is 2.65 bits per heavy atom. The molecule has 1 aliphatic carbocycles. The fourth-order valence-electron chi connectivity index (χ4n) is 2.95. The Labute approximate surface area is 123 Å². The molecule has 0 bridgehead atoms. The first-order chi connectivity index (χ1) is 9.62. The first kappa shape index (κ1) is 14.4. The number of thioether (sulfide) groups is 1. The molecule has 1 spiro atoms. The molecular weight excluding hydrogens is 276 g/mol. The summed E-state index contributed by atoms with van der Waals surface area (Å²) < 4.78 is 17.4. The Bertz CT molecular complexity index is 451. The van der Waals surface area contributed by atoms with Crippen LogP contribution < -0.4 is 5.32 Å². The molecule has 6 heteroatoms. The lowest BCUT2D eigenvalue weighted by Crippen LogP contribution is -2.48. The van der Waals surface area contributed by atoms with E-state index in [1.54, 1.807) is 11.8 Å². The van der Waals surface area contributed by atoms with E-state index in [2.05, 4.69) is 10.3 Å². The van der Waals surface area contributed by atoms with Gasteiger partial charge in [-0.1, -0.05) is 11.8 Å². The highest BCUT2D eigenvalue weighted by Crippen LogP contribution is 2.42. The van der Waals surface area contributed by atoms with E-state index in [1.807, 2.05) is 20.9 Å². The van der Waals surface area contributed by atoms with Crippen molar-refractivity contribution < 1.29 is 13.9 Å². The molecule has 1 aromatic heterocycles. The molecule has 0 aromatic carbocycles. The van der Waals surface area contributed by atoms with Gasteiger partial charge >= 0.3 is 0 Å². The molecule has 1 saturated heterocycles. The summed E-state index contributed by atoms with van der Waals surface area (Å²) in [5, 5.41) is 4.50. The highest BCUT2D eigenvalue weighted by Gasteiger charge is 2.45. The van der Waals surface area contributed by atoms with Crippen molar-refractivity contribution in [2.75, 3.05) is 20.3 Å². The van der Waals surface area contributed by atoms with Gasteiger partial charge in [0, 0.05) is 24.1 Å². The number of oxazole rings is 1. The Kier molecular flexibility index (Phi) is 4.08. The molecule has 3 rings (SSSR count). The van der Waals surface area contributed by atoms with Crippen LogP contribution in [-0.2, 0) is 9.47 Å². The lowest BCUT2D eigenvalue weighted by atomic mass is 9.89. The smallest absolute Gasteiger partial charge is 0.256 e. The van der Waals surface area contributed by atoms with E-state index >= 15 is 0 Å². The first-order valence-electron chi connectivity index (χ1n) is 7.18. The summed E-state index contributed by atoms with van der Waals surface area (Å²) >= 11 is 1.69. The second-order valence-corrected chi connectivity index (χ2v) is 6.71. The molecule has 2 fully saturated rings. The minimum Gasteiger partial charge on any atom is -0.437 e. The summed E-state index contributed by atoms with van der Waals surface area (Å²) in [4.78, 5) is 4.47. The number of aryl methyl sites for hydroxylation is 2. The van der Waals surface area contributed by atoms with Crippen molar-refractivity contribution in [1.82, 2.24) is 10.3 Å². The van der Waals surface area contributed by atoms with Crippen LogP contribution in [0.15, 0.2) is 9.64 Å². The van der Waals surface area contributed by atoms with E-state index in [0.717, 1.165) is 35.9 Å². The summed E-state index contributed by atoms with van der Waals surface area (Å²) in [5.41, 5.74) is 0.965. The Morgan fingerprint density at radius 1 is 1.30 bits per heavy atom. The minimum atomic E-state index is -0.373. The fourth-order valence-corrected chi connectivity index (χ4v) is 4.34. The maximum atomic E-state index is 5.86. The van der Waals surface area contributed by atoms with E-state index in [4.69, 9.17) is 13.9 Å². The molecule has 1 aliphatic heterocycles. The average Bonchev–Trinajstić information content (AvgIpc) is 2.98. The quantitative estimate of drug-likeness (QED) is 0.924. The Hall–Kier alpha value is -0.560. The normalized spacial score (nSPS) is 29.1. The van der Waals surface area contributed by atoms with Crippen molar-refractivity contribution >= 4 is 11.8 Å². The van der Waals surface area contributed by atoms with Gasteiger partial charge in [0.1, 0.15) is 5.76 Å². The summed E-state index contributed by atoms with van der Waals surface area (Å²) in [6.45, 7) is 5.34. The molecular formula is C14H22N2O3S. The molecule has 2 unspecified atom stereocenters. The van der Waals surface area contributed by atoms with Crippen LogP contribution in [-0.4, -0.2) is 42.3 Å². The zero-order valence-corrected chi connectivity index (χ0v) is 13.1. The van der Waals surface area contributed by atoms with E-state index in [0.29, 0.717) is 24.5 Å². The van der Waals surface area contributed by atoms with Gasteiger partial charge in [-0.15, -0.1) is 0 Å². The van der Waals surface area contributed by atoms with Crippen LogP contribution in [0.3, 0.4) is 0 Å². The van der Waals surface area contributed by atoms with E-state index < -0.39 is 0 Å². The number of ether oxygens (including phenoxy) is 2. The third-order valence-corrected chi connectivity index (χ3v) is 5.42. The standard InChI is InChI=1S/C14H22N2O3S/c1-9-10(2)19-13(16-9)20-12-8-14(17-6-7-18-14)5-4-11(12)15-3/h11-12,15H,4-8H2,1-3H3. The van der Waals surface area contributed by atoms with E-state index in [9.17, 15) is 0 Å². The number of rotatable bonds is 3. The lowest BCUT2D eigenvalue weighted by Gasteiger charge is -2.40. The maximum Gasteiger partial charge on any atom is 0.256 e. The van der Waals surface area contributed by atoms with Crippen LogP contribution in [0.5, 0.6) is 0 Å². The molecule has 1 saturated carbocycles. The zero-order valence-electron chi connectivity index (χ0n) is 12.3. The third-order valence-electron chi connectivity index (χ3n) is 4.24. The van der Waals surface area contributed by atoms with Gasteiger partial charge in [-0.2, -0.15) is 0 Å². The van der Waals surface area contributed by atoms with Crippen molar-refractivity contribution in [1.29, 1.82) is 0 Å². The Balaban J connectivity index is 1.73. The summed E-state index contributed by atoms with van der Waals surface area (Å²) in [7, 11) is 2.01. The maximum absolute atomic E-state index is 5.86. The summed E-state index contributed by atoms with van der Waals surface area (Å²) in [5.74, 6) is 0.522. The van der Waals surface area contributed by atoms with Crippen molar-refractivity contribution in [2.45, 2.75) is 55.4 Å². The molecule has 2 aliphatic rings. The van der Waals surface area contributed by atoms with Crippen molar-refractivity contribution in [3.8, 4) is 0 Å². The SMILES string of the molecule is CNC1CCC2(CC1Sc1nc(C)c(C)o1)OCCO2. The highest BCUT2D eigenvalue weighted by molar-refractivity contribution is 7.99. The van der Waals surface area contributed by atoms with E-state index in [1.165, 1.54) is 0 Å². The van der Waals surface area contributed by atoms with Crippen LogP contribution in [0.4, 0.5) is 0 Å². The molecule has 1 aromatic rings. The number of aromatic nitrogens is 1. The van der Waals surface area contributed by atoms with Gasteiger partial charge in [-0.05, 0) is 27.3 Å². The highest BCUT2D eigenvalue weighted by atomic mass is 32.2. The van der Waals surface area contributed by atoms with Gasteiger partial charge in [0.2, 0.25) is 0 Å². The molecule has 0 radical (unpaired) electrons. The molecule has 112 valence electrons. The van der Waals surface area contributed by atoms with Crippen LogP contribution in [0.25, 0.3) is 0 Å². The second kappa shape index (κ2) is 5.67. The van der Waals surface area contributed by atoms with Gasteiger partial charge in [0.05, 0.1) is 18.9 Å². The number of hydrogen-bond acceptors (Lipinski definition) is 6. The minimum absolute atomic E-state index is 0.351. The van der Waals surface area contributed by atoms with Gasteiger partial charge in [-0.25, -0.2) is 4.98 Å². The third kappa shape index (κ3) is 2.74. The number of hydrogen-bond donors (Lipinski definition) is 1. The largest absolute Gasteiger partial charge is 0.437 e. The van der Waals surface area contributed by atoms with Crippen LogP contribution in [0.2, 0.25) is 0 Å². The van der Waals surface area contributed by atoms with Crippen LogP contribution >= 0.6 is 11.8 Å². The van der Waals surface area contributed by atoms with Crippen molar-refractivity contribution in [2.24, 2.45) is 0 Å². The molecule has 5 nitrogen and oxygen atoms in total. The van der Waals surface area contributed by atoms with E-state index in [-0.39, 0.29) is 5.79 Å². The van der Waals surface area contributed by atoms with Crippen LogP contribution in [0, 0.1) is 13.8 Å². The van der Waals surface area contributed by atoms with Crippen molar-refractivity contribution in [3.63, 3.8) is 0 Å². The lowest BCUT2D eigenvalue weighted by molar-refractivity contribution is -0.177. The number of nitrogens with one attached hydrogen (secondary N) is 1. The summed E-state index contributed by atoms with van der Waals surface area (Å²) in [6.07, 6.45) is 2.88.